The summed E-state index contributed by atoms with van der Waals surface area (Å²) in [5.41, 5.74) is 0.353. The minimum absolute atomic E-state index is 0.112. The number of fused-ring (bicyclic) bond motifs is 1. The molecule has 0 bridgehead atoms. The average Bonchev–Trinajstić information content (AvgIpc) is 3.12. The first-order valence-corrected chi connectivity index (χ1v) is 8.54. The molecule has 3 aromatic heterocycles. The largest absolute Gasteiger partial charge is 0.338 e. The first kappa shape index (κ1) is 17.6. The van der Waals surface area contributed by atoms with Gasteiger partial charge in [-0.05, 0) is 29.8 Å². The molecule has 0 fully saturated rings. The predicted octanol–water partition coefficient (Wildman–Crippen LogP) is 2.09. The van der Waals surface area contributed by atoms with E-state index in [-0.39, 0.29) is 5.56 Å². The third-order valence-electron chi connectivity index (χ3n) is 4.43. The number of pyridine rings is 1. The standard InChI is InChI=1S/C20H16FN5O2/c1-25-10-8-22-18(25)17(13-5-4-6-14(21)11-13)24-19(27)15-12-23-16-7-2-3-9-26(16)20(15)28/h2-12,17H,1H3,(H,24,27). The van der Waals surface area contributed by atoms with Crippen molar-refractivity contribution in [2.45, 2.75) is 6.04 Å². The van der Waals surface area contributed by atoms with Gasteiger partial charge in [-0.3, -0.25) is 14.0 Å². The summed E-state index contributed by atoms with van der Waals surface area (Å²) < 4.78 is 16.8. The second-order valence-corrected chi connectivity index (χ2v) is 6.26. The van der Waals surface area contributed by atoms with E-state index in [1.807, 2.05) is 0 Å². The molecular weight excluding hydrogens is 361 g/mol. The SMILES string of the molecule is Cn1ccnc1C(NC(=O)c1cnc2ccccn2c1=O)c1cccc(F)c1. The summed E-state index contributed by atoms with van der Waals surface area (Å²) in [4.78, 5) is 34.0. The second-order valence-electron chi connectivity index (χ2n) is 6.26. The fraction of sp³-hybridized carbons (Fsp3) is 0.100. The second kappa shape index (κ2) is 7.07. The van der Waals surface area contributed by atoms with Gasteiger partial charge in [-0.1, -0.05) is 18.2 Å². The fourth-order valence-electron chi connectivity index (χ4n) is 3.03. The van der Waals surface area contributed by atoms with Gasteiger partial charge in [-0.2, -0.15) is 0 Å². The van der Waals surface area contributed by atoms with Crippen LogP contribution in [0.25, 0.3) is 5.65 Å². The topological polar surface area (TPSA) is 81.3 Å². The molecule has 4 rings (SSSR count). The number of rotatable bonds is 4. The van der Waals surface area contributed by atoms with E-state index in [0.717, 1.165) is 0 Å². The zero-order valence-electron chi connectivity index (χ0n) is 14.9. The number of hydrogen-bond donors (Lipinski definition) is 1. The van der Waals surface area contributed by atoms with Gasteiger partial charge in [0.1, 0.15) is 28.9 Å². The number of carbonyl (C=O) groups excluding carboxylic acids is 1. The summed E-state index contributed by atoms with van der Waals surface area (Å²) in [7, 11) is 1.77. The number of benzene rings is 1. The Balaban J connectivity index is 1.75. The van der Waals surface area contributed by atoms with Gasteiger partial charge in [0.25, 0.3) is 11.5 Å². The van der Waals surface area contributed by atoms with E-state index in [1.165, 1.54) is 22.7 Å². The van der Waals surface area contributed by atoms with E-state index in [9.17, 15) is 14.0 Å². The van der Waals surface area contributed by atoms with E-state index < -0.39 is 23.3 Å². The molecule has 0 spiro atoms. The van der Waals surface area contributed by atoms with Crippen LogP contribution in [0.1, 0.15) is 27.8 Å². The Morgan fingerprint density at radius 3 is 2.75 bits per heavy atom. The van der Waals surface area contributed by atoms with Gasteiger partial charge in [0.15, 0.2) is 0 Å². The van der Waals surface area contributed by atoms with Crippen molar-refractivity contribution in [2.75, 3.05) is 0 Å². The van der Waals surface area contributed by atoms with Crippen LogP contribution in [0.5, 0.6) is 0 Å². The molecule has 0 aliphatic rings. The van der Waals surface area contributed by atoms with Crippen LogP contribution in [0, 0.1) is 5.82 Å². The lowest BCUT2D eigenvalue weighted by atomic mass is 10.1. The maximum atomic E-state index is 13.8. The number of imidazole rings is 1. The molecular formula is C20H16FN5O2. The lowest BCUT2D eigenvalue weighted by Gasteiger charge is -2.19. The van der Waals surface area contributed by atoms with E-state index in [2.05, 4.69) is 15.3 Å². The Labute approximate surface area is 159 Å². The minimum atomic E-state index is -0.737. The Kier molecular flexibility index (Phi) is 4.44. The predicted molar refractivity (Wildman–Crippen MR) is 100 cm³/mol. The number of aryl methyl sites for hydroxylation is 1. The highest BCUT2D eigenvalue weighted by molar-refractivity contribution is 5.94. The molecule has 28 heavy (non-hydrogen) atoms. The van der Waals surface area contributed by atoms with Crippen molar-refractivity contribution in [2.24, 2.45) is 7.05 Å². The minimum Gasteiger partial charge on any atom is -0.338 e. The molecule has 0 aliphatic carbocycles. The fourth-order valence-corrected chi connectivity index (χ4v) is 3.03. The monoisotopic (exact) mass is 377 g/mol. The molecule has 1 amide bonds. The molecule has 0 saturated carbocycles. The summed E-state index contributed by atoms with van der Waals surface area (Å²) >= 11 is 0. The van der Waals surface area contributed by atoms with Gasteiger partial charge >= 0.3 is 0 Å². The highest BCUT2D eigenvalue weighted by Crippen LogP contribution is 2.21. The number of aromatic nitrogens is 4. The van der Waals surface area contributed by atoms with E-state index >= 15 is 0 Å². The summed E-state index contributed by atoms with van der Waals surface area (Å²) in [6, 6.07) is 10.3. The Morgan fingerprint density at radius 1 is 1.14 bits per heavy atom. The summed E-state index contributed by atoms with van der Waals surface area (Å²) in [6.45, 7) is 0. The maximum Gasteiger partial charge on any atom is 0.270 e. The van der Waals surface area contributed by atoms with Gasteiger partial charge in [0, 0.05) is 31.8 Å². The number of hydrogen-bond acceptors (Lipinski definition) is 4. The van der Waals surface area contributed by atoms with Crippen molar-refractivity contribution >= 4 is 11.6 Å². The first-order valence-electron chi connectivity index (χ1n) is 8.54. The van der Waals surface area contributed by atoms with Gasteiger partial charge in [-0.15, -0.1) is 0 Å². The normalized spacial score (nSPS) is 12.1. The molecule has 4 aromatic rings. The third-order valence-corrected chi connectivity index (χ3v) is 4.43. The summed E-state index contributed by atoms with van der Waals surface area (Å²) in [5, 5.41) is 2.78. The number of nitrogens with zero attached hydrogens (tertiary/aromatic N) is 4. The third kappa shape index (κ3) is 3.16. The van der Waals surface area contributed by atoms with Crippen LogP contribution >= 0.6 is 0 Å². The molecule has 0 aliphatic heterocycles. The van der Waals surface area contributed by atoms with E-state index in [0.29, 0.717) is 17.0 Å². The van der Waals surface area contributed by atoms with Crippen molar-refractivity contribution in [3.8, 4) is 0 Å². The summed E-state index contributed by atoms with van der Waals surface area (Å²) in [6.07, 6.45) is 6.10. The summed E-state index contributed by atoms with van der Waals surface area (Å²) in [5.74, 6) is -0.542. The van der Waals surface area contributed by atoms with Crippen molar-refractivity contribution in [1.29, 1.82) is 0 Å². The molecule has 3 heterocycles. The van der Waals surface area contributed by atoms with E-state index in [4.69, 9.17) is 0 Å². The molecule has 140 valence electrons. The van der Waals surface area contributed by atoms with Crippen molar-refractivity contribution in [3.05, 3.63) is 100 Å². The van der Waals surface area contributed by atoms with Gasteiger partial charge in [-0.25, -0.2) is 14.4 Å². The van der Waals surface area contributed by atoms with Crippen molar-refractivity contribution in [1.82, 2.24) is 24.3 Å². The van der Waals surface area contributed by atoms with Crippen LogP contribution in [0.3, 0.4) is 0 Å². The van der Waals surface area contributed by atoms with Gasteiger partial charge < -0.3 is 9.88 Å². The lowest BCUT2D eigenvalue weighted by molar-refractivity contribution is 0.0939. The molecule has 7 nitrogen and oxygen atoms in total. The molecule has 1 unspecified atom stereocenters. The van der Waals surface area contributed by atoms with Crippen LogP contribution in [0.15, 0.2) is 72.0 Å². The average molecular weight is 377 g/mol. The van der Waals surface area contributed by atoms with Crippen molar-refractivity contribution < 1.29 is 9.18 Å². The Bertz CT molecular complexity index is 1230. The van der Waals surface area contributed by atoms with E-state index in [1.54, 1.807) is 60.5 Å². The number of carbonyl (C=O) groups is 1. The van der Waals surface area contributed by atoms with Crippen LogP contribution in [-0.2, 0) is 7.05 Å². The Hall–Kier alpha value is -3.81. The quantitative estimate of drug-likeness (QED) is 0.590. The first-order chi connectivity index (χ1) is 13.5. The molecule has 1 aromatic carbocycles. The number of nitrogens with one attached hydrogen (secondary N) is 1. The van der Waals surface area contributed by atoms with Crippen molar-refractivity contribution in [3.63, 3.8) is 0 Å². The van der Waals surface area contributed by atoms with Crippen LogP contribution < -0.4 is 10.9 Å². The maximum absolute atomic E-state index is 13.8. The van der Waals surface area contributed by atoms with Crippen LogP contribution in [0.4, 0.5) is 4.39 Å². The molecule has 0 saturated heterocycles. The zero-order chi connectivity index (χ0) is 19.7. The molecule has 1 N–H and O–H groups in total. The number of halogens is 1. The highest BCUT2D eigenvalue weighted by Gasteiger charge is 2.23. The molecule has 0 radical (unpaired) electrons. The smallest absolute Gasteiger partial charge is 0.270 e. The zero-order valence-corrected chi connectivity index (χ0v) is 14.9. The number of amides is 1. The Morgan fingerprint density at radius 2 is 2.00 bits per heavy atom. The van der Waals surface area contributed by atoms with Crippen LogP contribution in [0.2, 0.25) is 0 Å². The van der Waals surface area contributed by atoms with Gasteiger partial charge in [0.2, 0.25) is 0 Å². The molecule has 8 heteroatoms. The molecule has 1 atom stereocenters. The van der Waals surface area contributed by atoms with Crippen LogP contribution in [-0.4, -0.2) is 24.8 Å². The van der Waals surface area contributed by atoms with Gasteiger partial charge in [0.05, 0.1) is 0 Å². The highest BCUT2D eigenvalue weighted by atomic mass is 19.1. The lowest BCUT2D eigenvalue weighted by Crippen LogP contribution is -2.35.